The molecule has 0 bridgehead atoms. The summed E-state index contributed by atoms with van der Waals surface area (Å²) < 4.78 is 0. The van der Waals surface area contributed by atoms with E-state index >= 15 is 0 Å². The maximum atomic E-state index is 0. The van der Waals surface area contributed by atoms with E-state index in [2.05, 4.69) is 0 Å². The van der Waals surface area contributed by atoms with Gasteiger partial charge in [0.1, 0.15) is 0 Å². The van der Waals surface area contributed by atoms with Gasteiger partial charge in [0, 0.05) is 0 Å². The first-order valence-corrected chi connectivity index (χ1v) is 0. The monoisotopic (exact) mass is 828 g/mol. The molecule has 6 heavy (non-hydrogen) atoms. The van der Waals surface area contributed by atoms with E-state index in [0.29, 0.717) is 0 Å². The van der Waals surface area contributed by atoms with Crippen molar-refractivity contribution < 1.29 is 118 Å². The summed E-state index contributed by atoms with van der Waals surface area (Å²) in [5.41, 5.74) is 0. The fourth-order valence-electron chi connectivity index (χ4n) is 0. The number of hydrogen-bond acceptors (Lipinski definition) is 0. The van der Waals surface area contributed by atoms with Gasteiger partial charge in [0.25, 0.3) is 0 Å². The first-order chi connectivity index (χ1) is 0. The Hall–Kier alpha value is 3.66. The Morgan fingerprint density at radius 2 is 0.333 bits per heavy atom. The van der Waals surface area contributed by atoms with Crippen LogP contribution in [0.1, 0.15) is 0 Å². The Bertz CT molecular complexity index is 6.00. The molecule has 0 nitrogen and oxygen atoms in total. The maximum Gasteiger partial charge on any atom is 1.00 e. The molecular formula is Au3Br3. The summed E-state index contributed by atoms with van der Waals surface area (Å²) in [5, 5.41) is 0. The number of halogens is 3. The first-order valence-electron chi connectivity index (χ1n) is 0. The second-order valence-corrected chi connectivity index (χ2v) is 0. The molecule has 0 rings (SSSR count). The average molecular weight is 831 g/mol. The van der Waals surface area contributed by atoms with Crippen molar-refractivity contribution in [1.29, 1.82) is 0 Å². The van der Waals surface area contributed by atoms with Gasteiger partial charge in [-0.1, -0.05) is 0 Å². The first kappa shape index (κ1) is 54.1. The minimum atomic E-state index is 0. The van der Waals surface area contributed by atoms with Crippen molar-refractivity contribution in [2.75, 3.05) is 0 Å². The molecule has 0 aromatic heterocycles. The van der Waals surface area contributed by atoms with Crippen LogP contribution in [0.2, 0.25) is 0 Å². The second kappa shape index (κ2) is 37.9. The van der Waals surface area contributed by atoms with E-state index in [4.69, 9.17) is 0 Å². The third-order valence-corrected chi connectivity index (χ3v) is 0. The van der Waals surface area contributed by atoms with Gasteiger partial charge in [0.15, 0.2) is 0 Å². The summed E-state index contributed by atoms with van der Waals surface area (Å²) in [6, 6.07) is 0. The summed E-state index contributed by atoms with van der Waals surface area (Å²) in [4.78, 5) is 0. The van der Waals surface area contributed by atoms with E-state index in [0.717, 1.165) is 0 Å². The van der Waals surface area contributed by atoms with Gasteiger partial charge < -0.3 is 50.9 Å². The fraction of sp³-hybridized carbons (Fsp3) is 0. The molecule has 0 aliphatic heterocycles. The molecule has 0 aliphatic rings. The SMILES string of the molecule is [Au+].[Au+].[Au+].[Br-].[Br-].[Br-]. The third kappa shape index (κ3) is 25.4. The van der Waals surface area contributed by atoms with Crippen molar-refractivity contribution in [2.45, 2.75) is 0 Å². The van der Waals surface area contributed by atoms with Crippen molar-refractivity contribution in [3.05, 3.63) is 0 Å². The third-order valence-electron chi connectivity index (χ3n) is 0. The van der Waals surface area contributed by atoms with Crippen LogP contribution in [0.4, 0.5) is 0 Å². The molecule has 0 fully saturated rings. The van der Waals surface area contributed by atoms with Crippen molar-refractivity contribution >= 4 is 0 Å². The summed E-state index contributed by atoms with van der Waals surface area (Å²) in [6.07, 6.45) is 0. The molecule has 0 N–H and O–H groups in total. The molecule has 54 valence electrons. The molecule has 0 radical (unpaired) electrons. The van der Waals surface area contributed by atoms with Crippen LogP contribution < -0.4 is 50.9 Å². The van der Waals surface area contributed by atoms with Crippen molar-refractivity contribution in [3.63, 3.8) is 0 Å². The summed E-state index contributed by atoms with van der Waals surface area (Å²) in [7, 11) is 0. The predicted octanol–water partition coefficient (Wildman–Crippen LogP) is -9.00. The molecule has 0 spiro atoms. The van der Waals surface area contributed by atoms with E-state index in [1.165, 1.54) is 0 Å². The maximum absolute atomic E-state index is 0. The van der Waals surface area contributed by atoms with Gasteiger partial charge in [-0.2, -0.15) is 0 Å². The smallest absolute Gasteiger partial charge is 1.00 e. The molecule has 0 unspecified atom stereocenters. The Morgan fingerprint density at radius 1 is 0.333 bits per heavy atom. The number of rotatable bonds is 0. The average Bonchev–Trinajstić information content (AvgIpc) is 0. The molecule has 0 aromatic rings. The zero-order chi connectivity index (χ0) is 0. The summed E-state index contributed by atoms with van der Waals surface area (Å²) in [6.45, 7) is 0. The largest absolute Gasteiger partial charge is 1.00 e. The molecule has 0 atom stereocenters. The van der Waals surface area contributed by atoms with E-state index in [-0.39, 0.29) is 118 Å². The van der Waals surface area contributed by atoms with Crippen LogP contribution in [0, 0.1) is 0 Å². The molecule has 0 aliphatic carbocycles. The minimum absolute atomic E-state index is 0. The normalized spacial score (nSPS) is 0. The van der Waals surface area contributed by atoms with Crippen LogP contribution in [-0.4, -0.2) is 0 Å². The van der Waals surface area contributed by atoms with Crippen molar-refractivity contribution in [3.8, 4) is 0 Å². The zero-order valence-corrected chi connectivity index (χ0v) is 13.3. The van der Waals surface area contributed by atoms with Crippen LogP contribution in [0.15, 0.2) is 0 Å². The van der Waals surface area contributed by atoms with E-state index < -0.39 is 0 Å². The van der Waals surface area contributed by atoms with E-state index in [1.54, 1.807) is 0 Å². The summed E-state index contributed by atoms with van der Waals surface area (Å²) in [5.74, 6) is 0. The molecule has 0 aromatic carbocycles. The van der Waals surface area contributed by atoms with Crippen LogP contribution >= 0.6 is 0 Å². The van der Waals surface area contributed by atoms with Crippen LogP contribution in [0.5, 0.6) is 0 Å². The molecular weight excluding hydrogens is 831 g/mol. The van der Waals surface area contributed by atoms with Crippen LogP contribution in [-0.2, 0) is 67.1 Å². The Labute approximate surface area is 116 Å². The predicted molar refractivity (Wildman–Crippen MR) is 0 cm³/mol. The van der Waals surface area contributed by atoms with Crippen LogP contribution in [0.3, 0.4) is 0 Å². The molecule has 0 heterocycles. The molecule has 0 saturated carbocycles. The van der Waals surface area contributed by atoms with E-state index in [9.17, 15) is 0 Å². The van der Waals surface area contributed by atoms with Gasteiger partial charge in [-0.3, -0.25) is 0 Å². The fourth-order valence-corrected chi connectivity index (χ4v) is 0. The standard InChI is InChI=1S/3Au.3BrH/h;;;3*1H/q3*+1;;;/p-3. The Kier molecular flexibility index (Phi) is 342. The van der Waals surface area contributed by atoms with Crippen molar-refractivity contribution in [2.24, 2.45) is 0 Å². The Balaban J connectivity index is 0. The van der Waals surface area contributed by atoms with Gasteiger partial charge in [-0.25, -0.2) is 0 Å². The molecule has 0 saturated heterocycles. The minimum Gasteiger partial charge on any atom is -1.00 e. The topological polar surface area (TPSA) is 0 Å². The molecule has 6 heteroatoms. The van der Waals surface area contributed by atoms with Gasteiger partial charge in [-0.15, -0.1) is 0 Å². The van der Waals surface area contributed by atoms with Crippen molar-refractivity contribution in [1.82, 2.24) is 0 Å². The zero-order valence-electron chi connectivity index (χ0n) is 2.04. The van der Waals surface area contributed by atoms with Gasteiger partial charge in [-0.05, 0) is 0 Å². The van der Waals surface area contributed by atoms with Gasteiger partial charge in [0.05, 0.1) is 0 Å². The second-order valence-electron chi connectivity index (χ2n) is 0. The van der Waals surface area contributed by atoms with Crippen LogP contribution in [0.25, 0.3) is 0 Å². The number of hydrogen-bond donors (Lipinski definition) is 0. The van der Waals surface area contributed by atoms with E-state index in [1.807, 2.05) is 0 Å². The quantitative estimate of drug-likeness (QED) is 0.213. The molecule has 0 amide bonds. The summed E-state index contributed by atoms with van der Waals surface area (Å²) >= 11 is 0. The van der Waals surface area contributed by atoms with Gasteiger partial charge in [0.2, 0.25) is 0 Å². The Morgan fingerprint density at radius 3 is 0.333 bits per heavy atom. The van der Waals surface area contributed by atoms with Gasteiger partial charge >= 0.3 is 67.1 Å².